The van der Waals surface area contributed by atoms with E-state index in [2.05, 4.69) is 22.4 Å². The van der Waals surface area contributed by atoms with Crippen LogP contribution in [0.15, 0.2) is 35.7 Å². The van der Waals surface area contributed by atoms with Crippen molar-refractivity contribution in [3.63, 3.8) is 0 Å². The number of nitrogens with zero attached hydrogens (tertiary/aromatic N) is 2. The van der Waals surface area contributed by atoms with Gasteiger partial charge < -0.3 is 10.2 Å². The molecule has 2 amide bonds. The van der Waals surface area contributed by atoms with Crippen LogP contribution in [0.4, 0.5) is 0 Å². The minimum atomic E-state index is -0.0399. The van der Waals surface area contributed by atoms with Gasteiger partial charge in [0.15, 0.2) is 0 Å². The van der Waals surface area contributed by atoms with Gasteiger partial charge in [0.05, 0.1) is 17.2 Å². The predicted molar refractivity (Wildman–Crippen MR) is 103 cm³/mol. The van der Waals surface area contributed by atoms with E-state index in [9.17, 15) is 9.59 Å². The Morgan fingerprint density at radius 1 is 1.23 bits per heavy atom. The Labute approximate surface area is 158 Å². The van der Waals surface area contributed by atoms with Crippen LogP contribution in [-0.2, 0) is 22.6 Å². The van der Waals surface area contributed by atoms with E-state index in [4.69, 9.17) is 0 Å². The molecule has 1 saturated heterocycles. The molecule has 1 aliphatic heterocycles. The smallest absolute Gasteiger partial charge is 0.222 e. The highest BCUT2D eigenvalue weighted by Crippen LogP contribution is 2.30. The highest BCUT2D eigenvalue weighted by atomic mass is 32.1. The monoisotopic (exact) mass is 371 g/mol. The molecular formula is C20H25N3O2S. The van der Waals surface area contributed by atoms with Crippen LogP contribution in [0.25, 0.3) is 0 Å². The number of hydrogen-bond donors (Lipinski definition) is 1. The molecule has 1 aromatic carbocycles. The van der Waals surface area contributed by atoms with Crippen LogP contribution in [0.2, 0.25) is 0 Å². The van der Waals surface area contributed by atoms with E-state index in [0.29, 0.717) is 18.9 Å². The lowest BCUT2D eigenvalue weighted by Crippen LogP contribution is -2.38. The second-order valence-electron chi connectivity index (χ2n) is 6.73. The van der Waals surface area contributed by atoms with E-state index in [1.807, 2.05) is 28.5 Å². The fourth-order valence-electron chi connectivity index (χ4n) is 3.24. The van der Waals surface area contributed by atoms with Gasteiger partial charge in [0.1, 0.15) is 0 Å². The van der Waals surface area contributed by atoms with Crippen LogP contribution >= 0.6 is 11.3 Å². The minimum Gasteiger partial charge on any atom is -0.351 e. The van der Waals surface area contributed by atoms with Crippen molar-refractivity contribution >= 4 is 23.2 Å². The fraction of sp³-hybridized carbons (Fsp3) is 0.450. The van der Waals surface area contributed by atoms with Crippen molar-refractivity contribution in [3.8, 4) is 0 Å². The average Bonchev–Trinajstić information content (AvgIpc) is 3.14. The number of carbonyl (C=O) groups excluding carboxylic acids is 2. The second kappa shape index (κ2) is 8.94. The summed E-state index contributed by atoms with van der Waals surface area (Å²) >= 11 is 1.66. The fourth-order valence-corrected chi connectivity index (χ4v) is 4.23. The van der Waals surface area contributed by atoms with Gasteiger partial charge in [-0.15, -0.1) is 11.3 Å². The molecule has 0 aliphatic carbocycles. The van der Waals surface area contributed by atoms with E-state index in [0.717, 1.165) is 43.1 Å². The van der Waals surface area contributed by atoms with Gasteiger partial charge in [0, 0.05) is 37.7 Å². The van der Waals surface area contributed by atoms with Crippen molar-refractivity contribution in [2.75, 3.05) is 13.1 Å². The first-order valence-corrected chi connectivity index (χ1v) is 10.00. The van der Waals surface area contributed by atoms with Gasteiger partial charge in [-0.1, -0.05) is 30.3 Å². The molecule has 26 heavy (non-hydrogen) atoms. The zero-order valence-corrected chi connectivity index (χ0v) is 15.9. The van der Waals surface area contributed by atoms with Crippen molar-refractivity contribution in [2.24, 2.45) is 0 Å². The van der Waals surface area contributed by atoms with Crippen LogP contribution in [0.3, 0.4) is 0 Å². The summed E-state index contributed by atoms with van der Waals surface area (Å²) in [5, 5.41) is 5.92. The maximum absolute atomic E-state index is 12.4. The number of likely N-dealkylation sites (tertiary alicyclic amines) is 1. The number of aromatic nitrogens is 1. The summed E-state index contributed by atoms with van der Waals surface area (Å²) in [5.74, 6) is 0.629. The quantitative estimate of drug-likeness (QED) is 0.849. The molecule has 3 rings (SSSR count). The predicted octanol–water partition coefficient (Wildman–Crippen LogP) is 3.12. The summed E-state index contributed by atoms with van der Waals surface area (Å²) in [6, 6.07) is 10.2. The highest BCUT2D eigenvalue weighted by Gasteiger charge is 2.25. The van der Waals surface area contributed by atoms with Gasteiger partial charge >= 0.3 is 0 Å². The zero-order chi connectivity index (χ0) is 18.4. The number of thiazole rings is 1. The normalized spacial score (nSPS) is 15.0. The second-order valence-corrected chi connectivity index (χ2v) is 7.62. The number of hydrogen-bond acceptors (Lipinski definition) is 4. The molecule has 0 spiro atoms. The number of benzene rings is 1. The molecule has 6 heteroatoms. The summed E-state index contributed by atoms with van der Waals surface area (Å²) in [6.45, 7) is 3.61. The Morgan fingerprint density at radius 3 is 2.65 bits per heavy atom. The van der Waals surface area contributed by atoms with E-state index in [1.165, 1.54) is 12.5 Å². The molecule has 0 radical (unpaired) electrons. The Bertz CT molecular complexity index is 737. The lowest BCUT2D eigenvalue weighted by atomic mass is 9.97. The summed E-state index contributed by atoms with van der Waals surface area (Å²) in [6.07, 6.45) is 3.31. The van der Waals surface area contributed by atoms with Crippen molar-refractivity contribution in [2.45, 2.75) is 45.1 Å². The van der Waals surface area contributed by atoms with Crippen LogP contribution in [-0.4, -0.2) is 34.8 Å². The van der Waals surface area contributed by atoms with E-state index in [1.54, 1.807) is 11.3 Å². The van der Waals surface area contributed by atoms with Crippen LogP contribution in [0.5, 0.6) is 0 Å². The number of aryl methyl sites for hydroxylation is 1. The highest BCUT2D eigenvalue weighted by molar-refractivity contribution is 7.09. The maximum atomic E-state index is 12.4. The van der Waals surface area contributed by atoms with Gasteiger partial charge in [-0.2, -0.15) is 0 Å². The molecule has 0 saturated carbocycles. The van der Waals surface area contributed by atoms with Gasteiger partial charge in [-0.05, 0) is 24.8 Å². The molecule has 1 N–H and O–H groups in total. The number of piperidine rings is 1. The first-order valence-electron chi connectivity index (χ1n) is 9.12. The van der Waals surface area contributed by atoms with Crippen LogP contribution < -0.4 is 5.32 Å². The van der Waals surface area contributed by atoms with Crippen molar-refractivity contribution < 1.29 is 9.59 Å². The summed E-state index contributed by atoms with van der Waals surface area (Å²) in [4.78, 5) is 30.1. The molecule has 0 bridgehead atoms. The summed E-state index contributed by atoms with van der Waals surface area (Å²) in [5.41, 5.74) is 2.13. The van der Waals surface area contributed by atoms with Crippen molar-refractivity contribution in [3.05, 3.63) is 52.0 Å². The Hall–Kier alpha value is -2.21. The molecule has 0 atom stereocenters. The van der Waals surface area contributed by atoms with E-state index >= 15 is 0 Å². The third kappa shape index (κ3) is 5.14. The number of rotatable bonds is 6. The zero-order valence-electron chi connectivity index (χ0n) is 15.1. The van der Waals surface area contributed by atoms with Gasteiger partial charge in [-0.25, -0.2) is 4.98 Å². The molecule has 1 fully saturated rings. The SMILES string of the molecule is CC(=O)NCc1csc(C2CCN(C(=O)CCc3ccccc3)CC2)n1. The summed E-state index contributed by atoms with van der Waals surface area (Å²) < 4.78 is 0. The standard InChI is InChI=1S/C20H25N3O2S/c1-15(24)21-13-18-14-26-20(22-18)17-9-11-23(12-10-17)19(25)8-7-16-5-3-2-4-6-16/h2-6,14,17H,7-13H2,1H3,(H,21,24). The molecule has 5 nitrogen and oxygen atoms in total. The number of amides is 2. The largest absolute Gasteiger partial charge is 0.351 e. The molecule has 1 aromatic heterocycles. The van der Waals surface area contributed by atoms with E-state index < -0.39 is 0 Å². The lowest BCUT2D eigenvalue weighted by Gasteiger charge is -2.31. The third-order valence-electron chi connectivity index (χ3n) is 4.76. The average molecular weight is 372 g/mol. The molecule has 0 unspecified atom stereocenters. The van der Waals surface area contributed by atoms with Crippen LogP contribution in [0, 0.1) is 0 Å². The molecule has 2 heterocycles. The topological polar surface area (TPSA) is 62.3 Å². The first kappa shape index (κ1) is 18.6. The summed E-state index contributed by atoms with van der Waals surface area (Å²) in [7, 11) is 0. The number of carbonyl (C=O) groups is 2. The van der Waals surface area contributed by atoms with Gasteiger partial charge in [-0.3, -0.25) is 9.59 Å². The van der Waals surface area contributed by atoms with Gasteiger partial charge in [0.25, 0.3) is 0 Å². The molecule has 2 aromatic rings. The Balaban J connectivity index is 1.45. The molecule has 138 valence electrons. The van der Waals surface area contributed by atoms with Crippen molar-refractivity contribution in [1.29, 1.82) is 0 Å². The minimum absolute atomic E-state index is 0.0399. The Morgan fingerprint density at radius 2 is 1.96 bits per heavy atom. The molecule has 1 aliphatic rings. The van der Waals surface area contributed by atoms with Gasteiger partial charge in [0.2, 0.25) is 11.8 Å². The maximum Gasteiger partial charge on any atom is 0.222 e. The van der Waals surface area contributed by atoms with E-state index in [-0.39, 0.29) is 11.8 Å². The van der Waals surface area contributed by atoms with Crippen molar-refractivity contribution in [1.82, 2.24) is 15.2 Å². The number of nitrogens with one attached hydrogen (secondary N) is 1. The lowest BCUT2D eigenvalue weighted by molar-refractivity contribution is -0.132. The Kier molecular flexibility index (Phi) is 6.39. The first-order chi connectivity index (χ1) is 12.6. The van der Waals surface area contributed by atoms with Crippen LogP contribution in [0.1, 0.15) is 48.4 Å². The third-order valence-corrected chi connectivity index (χ3v) is 5.81. The molecular weight excluding hydrogens is 346 g/mol.